The molecule has 0 N–H and O–H groups in total. The van der Waals surface area contributed by atoms with Gasteiger partial charge >= 0.3 is 0 Å². The summed E-state index contributed by atoms with van der Waals surface area (Å²) in [5.74, 6) is 1.46. The first-order chi connectivity index (χ1) is 17.1. The van der Waals surface area contributed by atoms with Crippen LogP contribution in [-0.4, -0.2) is 35.9 Å². The van der Waals surface area contributed by atoms with E-state index in [1.807, 2.05) is 0 Å². The quantitative estimate of drug-likeness (QED) is 0.296. The minimum Gasteiger partial charge on any atom is -0.744 e. The highest BCUT2D eigenvalue weighted by molar-refractivity contribution is 7.86. The summed E-state index contributed by atoms with van der Waals surface area (Å²) in [4.78, 5) is 7.85. The van der Waals surface area contributed by atoms with Gasteiger partial charge in [0, 0.05) is 22.3 Å². The molecular formula is C24H14N2O8S2-2. The minimum atomic E-state index is -4.53. The third-order valence-electron chi connectivity index (χ3n) is 5.25. The van der Waals surface area contributed by atoms with Crippen molar-refractivity contribution in [2.75, 3.05) is 0 Å². The van der Waals surface area contributed by atoms with Gasteiger partial charge in [0.15, 0.2) is 11.5 Å². The molecule has 0 aliphatic carbocycles. The van der Waals surface area contributed by atoms with Gasteiger partial charge in [-0.15, -0.1) is 0 Å². The molecule has 10 nitrogen and oxygen atoms in total. The van der Waals surface area contributed by atoms with Crippen molar-refractivity contribution in [1.82, 2.24) is 9.97 Å². The van der Waals surface area contributed by atoms with E-state index >= 15 is 0 Å². The van der Waals surface area contributed by atoms with Crippen LogP contribution in [-0.2, 0) is 20.2 Å². The molecule has 5 aromatic rings. The predicted octanol–water partition coefficient (Wildman–Crippen LogP) is 4.14. The summed E-state index contributed by atoms with van der Waals surface area (Å²) in [5.41, 5.74) is 2.46. The maximum absolute atomic E-state index is 11.1. The topological polar surface area (TPSA) is 166 Å². The van der Waals surface area contributed by atoms with E-state index in [0.717, 1.165) is 0 Å². The van der Waals surface area contributed by atoms with Gasteiger partial charge in [-0.3, -0.25) is 0 Å². The Kier molecular flexibility index (Phi) is 5.80. The van der Waals surface area contributed by atoms with Crippen molar-refractivity contribution in [3.63, 3.8) is 0 Å². The molecule has 12 heteroatoms. The summed E-state index contributed by atoms with van der Waals surface area (Å²) in [5, 5.41) is 0. The van der Waals surface area contributed by atoms with Crippen molar-refractivity contribution in [2.24, 2.45) is 0 Å². The molecule has 0 unspecified atom stereocenters. The molecule has 2 heterocycles. The molecular weight excluding hydrogens is 508 g/mol. The van der Waals surface area contributed by atoms with Crippen molar-refractivity contribution in [1.29, 1.82) is 0 Å². The van der Waals surface area contributed by atoms with Crippen molar-refractivity contribution in [3.05, 3.63) is 85.2 Å². The lowest BCUT2D eigenvalue weighted by Crippen LogP contribution is -1.97. The highest BCUT2D eigenvalue weighted by atomic mass is 32.2. The smallest absolute Gasteiger partial charge is 0.226 e. The molecule has 0 saturated carbocycles. The fourth-order valence-corrected chi connectivity index (χ4v) is 4.35. The highest BCUT2D eigenvalue weighted by Gasteiger charge is 2.13. The normalized spacial score (nSPS) is 12.1. The second kappa shape index (κ2) is 8.84. The molecule has 0 fully saturated rings. The lowest BCUT2D eigenvalue weighted by molar-refractivity contribution is 0.461. The maximum Gasteiger partial charge on any atom is 0.226 e. The SMILES string of the molecule is O=S(=O)([O-])c1ccc(-c2cnc(-c3ccc(-c4ncc(-c5ccc(S(=O)(=O)[O-])cc5)o4)cc3)o2)cc1. The molecule has 0 aliphatic rings. The standard InChI is InChI=1S/C24H16N2O8S2/c27-35(28,29)19-9-5-15(6-10-19)21-13-25-23(33-21)17-1-2-18(4-3-17)24-26-14-22(34-24)16-7-11-20(12-8-16)36(30,31)32/h1-14H,(H,27,28,29)(H,30,31,32)/p-2. The van der Waals surface area contributed by atoms with Crippen LogP contribution >= 0.6 is 0 Å². The number of rotatable bonds is 6. The third kappa shape index (κ3) is 4.83. The molecule has 0 radical (unpaired) electrons. The summed E-state index contributed by atoms with van der Waals surface area (Å²) in [6, 6.07) is 17.7. The molecule has 0 amide bonds. The fourth-order valence-electron chi connectivity index (χ4n) is 3.41. The summed E-state index contributed by atoms with van der Waals surface area (Å²) in [6.07, 6.45) is 2.99. The first kappa shape index (κ1) is 23.6. The van der Waals surface area contributed by atoms with Crippen LogP contribution in [0.2, 0.25) is 0 Å². The summed E-state index contributed by atoms with van der Waals surface area (Å²) >= 11 is 0. The van der Waals surface area contributed by atoms with E-state index in [4.69, 9.17) is 8.83 Å². The summed E-state index contributed by atoms with van der Waals surface area (Å²) in [6.45, 7) is 0. The Hall–Kier alpha value is -4.10. The van der Waals surface area contributed by atoms with E-state index in [1.165, 1.54) is 60.9 Å². The molecule has 182 valence electrons. The van der Waals surface area contributed by atoms with Crippen LogP contribution in [0.4, 0.5) is 0 Å². The van der Waals surface area contributed by atoms with Gasteiger partial charge in [0.05, 0.1) is 22.2 Å². The number of benzene rings is 3. The van der Waals surface area contributed by atoms with Crippen molar-refractivity contribution in [3.8, 4) is 45.6 Å². The van der Waals surface area contributed by atoms with Crippen LogP contribution in [0.25, 0.3) is 45.6 Å². The second-order valence-electron chi connectivity index (χ2n) is 7.59. The van der Waals surface area contributed by atoms with E-state index in [2.05, 4.69) is 9.97 Å². The van der Waals surface area contributed by atoms with E-state index in [-0.39, 0.29) is 9.79 Å². The van der Waals surface area contributed by atoms with Crippen molar-refractivity contribution < 1.29 is 34.8 Å². The van der Waals surface area contributed by atoms with Gasteiger partial charge in [0.25, 0.3) is 0 Å². The van der Waals surface area contributed by atoms with Crippen LogP contribution in [0.5, 0.6) is 0 Å². The van der Waals surface area contributed by atoms with Gasteiger partial charge in [-0.2, -0.15) is 0 Å². The number of oxazole rings is 2. The second-order valence-corrected chi connectivity index (χ2v) is 10.4. The maximum atomic E-state index is 11.1. The van der Waals surface area contributed by atoms with Gasteiger partial charge in [-0.25, -0.2) is 26.8 Å². The molecule has 5 rings (SSSR count). The number of nitrogens with zero attached hydrogens (tertiary/aromatic N) is 2. The van der Waals surface area contributed by atoms with E-state index in [0.29, 0.717) is 45.6 Å². The Morgan fingerprint density at radius 2 is 0.806 bits per heavy atom. The Morgan fingerprint density at radius 3 is 1.11 bits per heavy atom. The summed E-state index contributed by atoms with van der Waals surface area (Å²) in [7, 11) is -9.06. The molecule has 0 spiro atoms. The number of hydrogen-bond acceptors (Lipinski definition) is 10. The Morgan fingerprint density at radius 1 is 0.500 bits per heavy atom. The minimum absolute atomic E-state index is 0.330. The first-order valence-corrected chi connectivity index (χ1v) is 13.0. The first-order valence-electron chi connectivity index (χ1n) is 10.2. The largest absolute Gasteiger partial charge is 0.744 e. The Bertz CT molecular complexity index is 1620. The molecule has 0 atom stereocenters. The Labute approximate surface area is 205 Å². The molecule has 2 aromatic heterocycles. The van der Waals surface area contributed by atoms with E-state index < -0.39 is 20.2 Å². The zero-order valence-corrected chi connectivity index (χ0v) is 19.7. The highest BCUT2D eigenvalue weighted by Crippen LogP contribution is 2.30. The number of aromatic nitrogens is 2. The zero-order chi connectivity index (χ0) is 25.5. The Balaban J connectivity index is 1.34. The monoisotopic (exact) mass is 522 g/mol. The van der Waals surface area contributed by atoms with E-state index in [9.17, 15) is 25.9 Å². The van der Waals surface area contributed by atoms with Crippen LogP contribution < -0.4 is 0 Å². The molecule has 0 bridgehead atoms. The van der Waals surface area contributed by atoms with Gasteiger partial charge in [0.1, 0.15) is 20.2 Å². The molecule has 3 aromatic carbocycles. The van der Waals surface area contributed by atoms with Gasteiger partial charge in [0.2, 0.25) is 11.8 Å². The zero-order valence-electron chi connectivity index (χ0n) is 18.1. The third-order valence-corrected chi connectivity index (χ3v) is 6.94. The van der Waals surface area contributed by atoms with Gasteiger partial charge in [-0.05, 0) is 72.8 Å². The molecule has 0 saturated heterocycles. The van der Waals surface area contributed by atoms with Crippen molar-refractivity contribution in [2.45, 2.75) is 9.79 Å². The van der Waals surface area contributed by atoms with Crippen molar-refractivity contribution >= 4 is 20.2 Å². The average molecular weight is 523 g/mol. The van der Waals surface area contributed by atoms with Gasteiger partial charge in [-0.1, -0.05) is 0 Å². The van der Waals surface area contributed by atoms with Crippen LogP contribution in [0, 0.1) is 0 Å². The van der Waals surface area contributed by atoms with E-state index in [1.54, 1.807) is 24.3 Å². The number of hydrogen-bond donors (Lipinski definition) is 0. The van der Waals surface area contributed by atoms with Crippen LogP contribution in [0.15, 0.2) is 104 Å². The average Bonchev–Trinajstić information content (AvgIpc) is 3.54. The van der Waals surface area contributed by atoms with Gasteiger partial charge < -0.3 is 17.9 Å². The fraction of sp³-hybridized carbons (Fsp3) is 0. The van der Waals surface area contributed by atoms with Crippen LogP contribution in [0.3, 0.4) is 0 Å². The van der Waals surface area contributed by atoms with Crippen LogP contribution in [0.1, 0.15) is 0 Å². The summed E-state index contributed by atoms with van der Waals surface area (Å²) < 4.78 is 78.1. The molecule has 0 aliphatic heterocycles. The lowest BCUT2D eigenvalue weighted by Gasteiger charge is -2.06. The predicted molar refractivity (Wildman–Crippen MR) is 124 cm³/mol. The lowest BCUT2D eigenvalue weighted by atomic mass is 10.1. The molecule has 36 heavy (non-hydrogen) atoms.